The van der Waals surface area contributed by atoms with Gasteiger partial charge in [-0.05, 0) is 18.4 Å². The summed E-state index contributed by atoms with van der Waals surface area (Å²) in [6, 6.07) is 6.74. The van der Waals surface area contributed by atoms with Gasteiger partial charge < -0.3 is 21.6 Å². The third-order valence-corrected chi connectivity index (χ3v) is 4.69. The normalized spacial score (nSPS) is 23.1. The van der Waals surface area contributed by atoms with Crippen LogP contribution in [0.3, 0.4) is 0 Å². The highest BCUT2D eigenvalue weighted by atomic mass is 35.5. The van der Waals surface area contributed by atoms with E-state index in [1.54, 1.807) is 24.3 Å². The van der Waals surface area contributed by atoms with Gasteiger partial charge in [0.2, 0.25) is 5.91 Å². The van der Waals surface area contributed by atoms with Crippen LogP contribution in [0.4, 0.5) is 0 Å². The minimum atomic E-state index is -1.25. The summed E-state index contributed by atoms with van der Waals surface area (Å²) >= 11 is 5.92. The Morgan fingerprint density at radius 3 is 2.56 bits per heavy atom. The first-order valence-electron chi connectivity index (χ1n) is 7.47. The van der Waals surface area contributed by atoms with Crippen molar-refractivity contribution in [2.75, 3.05) is 0 Å². The van der Waals surface area contributed by atoms with Crippen molar-refractivity contribution in [3.63, 3.8) is 0 Å². The first-order chi connectivity index (χ1) is 11.4. The van der Waals surface area contributed by atoms with Crippen molar-refractivity contribution in [2.24, 2.45) is 5.73 Å². The van der Waals surface area contributed by atoms with E-state index in [1.165, 1.54) is 0 Å². The molecular formula is C16H18ClN3O5. The Morgan fingerprint density at radius 2 is 1.96 bits per heavy atom. The van der Waals surface area contributed by atoms with Crippen molar-refractivity contribution in [3.05, 3.63) is 46.6 Å². The fraction of sp³-hybridized carbons (Fsp3) is 0.312. The fourth-order valence-electron chi connectivity index (χ4n) is 3.07. The van der Waals surface area contributed by atoms with Crippen molar-refractivity contribution in [2.45, 2.75) is 31.0 Å². The standard InChI is InChI=1S/C16H16ClN3O4.H2O/c17-9-6-7-10-12(15(22)20(10)13(9)16(23)24)19-14(21)11(18)8-4-2-1-3-5-8;/h1-5,10-12H,6-7,18H2,(H,19,21)(H,23,24);1H2/t10?,11-,12+;/m1./s1. The molecule has 0 aliphatic carbocycles. The summed E-state index contributed by atoms with van der Waals surface area (Å²) in [7, 11) is 0. The van der Waals surface area contributed by atoms with E-state index < -0.39 is 35.9 Å². The average molecular weight is 368 g/mol. The molecule has 25 heavy (non-hydrogen) atoms. The van der Waals surface area contributed by atoms with Crippen LogP contribution in [0.15, 0.2) is 41.1 Å². The van der Waals surface area contributed by atoms with Gasteiger partial charge in [-0.2, -0.15) is 0 Å². The van der Waals surface area contributed by atoms with Gasteiger partial charge in [-0.3, -0.25) is 14.5 Å². The van der Waals surface area contributed by atoms with E-state index in [1.807, 2.05) is 6.07 Å². The molecule has 134 valence electrons. The van der Waals surface area contributed by atoms with Gasteiger partial charge in [0, 0.05) is 5.03 Å². The zero-order valence-corrected chi connectivity index (χ0v) is 13.9. The molecule has 1 fully saturated rings. The highest BCUT2D eigenvalue weighted by molar-refractivity contribution is 6.32. The van der Waals surface area contributed by atoms with Crippen molar-refractivity contribution in [3.8, 4) is 0 Å². The smallest absolute Gasteiger partial charge is 0.353 e. The van der Waals surface area contributed by atoms with Gasteiger partial charge in [-0.1, -0.05) is 41.9 Å². The second-order valence-corrected chi connectivity index (χ2v) is 6.20. The maximum Gasteiger partial charge on any atom is 0.353 e. The largest absolute Gasteiger partial charge is 0.477 e. The molecule has 0 radical (unpaired) electrons. The molecule has 1 unspecified atom stereocenters. The van der Waals surface area contributed by atoms with Gasteiger partial charge in [0.15, 0.2) is 0 Å². The summed E-state index contributed by atoms with van der Waals surface area (Å²) in [4.78, 5) is 37.0. The molecular weight excluding hydrogens is 350 g/mol. The van der Waals surface area contributed by atoms with Crippen molar-refractivity contribution < 1.29 is 25.0 Å². The van der Waals surface area contributed by atoms with E-state index in [9.17, 15) is 19.5 Å². The molecule has 2 amide bonds. The molecule has 1 aromatic carbocycles. The summed E-state index contributed by atoms with van der Waals surface area (Å²) in [6.07, 6.45) is 0.849. The number of carbonyl (C=O) groups excluding carboxylic acids is 2. The van der Waals surface area contributed by atoms with E-state index in [2.05, 4.69) is 5.32 Å². The van der Waals surface area contributed by atoms with Crippen LogP contribution in [0.25, 0.3) is 0 Å². The molecule has 6 N–H and O–H groups in total. The summed E-state index contributed by atoms with van der Waals surface area (Å²) in [5, 5.41) is 12.0. The molecule has 9 heteroatoms. The van der Waals surface area contributed by atoms with Gasteiger partial charge in [-0.15, -0.1) is 0 Å². The number of amides is 2. The number of nitrogens with two attached hydrogens (primary N) is 1. The van der Waals surface area contributed by atoms with E-state index in [4.69, 9.17) is 17.3 Å². The van der Waals surface area contributed by atoms with Crippen LogP contribution in [0.2, 0.25) is 0 Å². The molecule has 0 aromatic heterocycles. The number of hydrogen-bond acceptors (Lipinski definition) is 4. The summed E-state index contributed by atoms with van der Waals surface area (Å²) in [5.41, 5.74) is 6.35. The monoisotopic (exact) mass is 367 g/mol. The minimum Gasteiger partial charge on any atom is -0.477 e. The Morgan fingerprint density at radius 1 is 1.32 bits per heavy atom. The molecule has 2 aliphatic rings. The predicted octanol–water partition coefficient (Wildman–Crippen LogP) is -0.114. The number of nitrogens with one attached hydrogen (secondary N) is 1. The number of halogens is 1. The number of aliphatic carboxylic acids is 1. The predicted molar refractivity (Wildman–Crippen MR) is 89.3 cm³/mol. The highest BCUT2D eigenvalue weighted by Gasteiger charge is 2.53. The summed E-state index contributed by atoms with van der Waals surface area (Å²) in [6.45, 7) is 0. The molecule has 1 saturated heterocycles. The lowest BCUT2D eigenvalue weighted by molar-refractivity contribution is -0.156. The maximum absolute atomic E-state index is 12.3. The van der Waals surface area contributed by atoms with Crippen molar-refractivity contribution >= 4 is 29.4 Å². The molecule has 0 bridgehead atoms. The van der Waals surface area contributed by atoms with Crippen LogP contribution in [0.1, 0.15) is 24.4 Å². The Balaban J connectivity index is 0.00000225. The lowest BCUT2D eigenvalue weighted by Crippen LogP contribution is -2.72. The van der Waals surface area contributed by atoms with Crippen LogP contribution >= 0.6 is 11.6 Å². The summed E-state index contributed by atoms with van der Waals surface area (Å²) in [5.74, 6) is -2.20. The lowest BCUT2D eigenvalue weighted by Gasteiger charge is -2.49. The molecule has 3 atom stereocenters. The second-order valence-electron chi connectivity index (χ2n) is 5.75. The van der Waals surface area contributed by atoms with Crippen LogP contribution in [0, 0.1) is 0 Å². The first-order valence-corrected chi connectivity index (χ1v) is 7.85. The quantitative estimate of drug-likeness (QED) is 0.635. The van der Waals surface area contributed by atoms with Gasteiger partial charge in [0.25, 0.3) is 5.91 Å². The van der Waals surface area contributed by atoms with Gasteiger partial charge in [0.1, 0.15) is 17.8 Å². The van der Waals surface area contributed by atoms with E-state index in [0.29, 0.717) is 18.4 Å². The van der Waals surface area contributed by atoms with Crippen LogP contribution < -0.4 is 11.1 Å². The molecule has 2 heterocycles. The third-order valence-electron chi connectivity index (χ3n) is 4.32. The zero-order chi connectivity index (χ0) is 17.4. The van der Waals surface area contributed by atoms with E-state index in [0.717, 1.165) is 4.90 Å². The Bertz CT molecular complexity index is 737. The number of β-lactam (4-membered cyclic amide) rings is 1. The number of benzene rings is 1. The van der Waals surface area contributed by atoms with Gasteiger partial charge >= 0.3 is 5.97 Å². The number of carboxylic acids is 1. The third kappa shape index (κ3) is 3.23. The average Bonchev–Trinajstić information content (AvgIpc) is 2.59. The SMILES string of the molecule is N[C@@H](C(=O)N[C@@H]1C(=O)N2C(C(=O)O)=C(Cl)CCC12)c1ccccc1.O. The van der Waals surface area contributed by atoms with Crippen LogP contribution in [-0.2, 0) is 14.4 Å². The van der Waals surface area contributed by atoms with Crippen molar-refractivity contribution in [1.82, 2.24) is 10.2 Å². The van der Waals surface area contributed by atoms with E-state index >= 15 is 0 Å². The van der Waals surface area contributed by atoms with Gasteiger partial charge in [-0.25, -0.2) is 4.79 Å². The number of carboxylic acid groups (broad SMARTS) is 1. The number of fused-ring (bicyclic) bond motifs is 1. The molecule has 0 spiro atoms. The molecule has 1 aromatic rings. The molecule has 2 aliphatic heterocycles. The first kappa shape index (κ1) is 18.9. The van der Waals surface area contributed by atoms with Gasteiger partial charge in [0.05, 0.1) is 6.04 Å². The number of hydrogen-bond donors (Lipinski definition) is 3. The second kappa shape index (κ2) is 7.22. The number of allylic oxidation sites excluding steroid dienone is 1. The Kier molecular flexibility index (Phi) is 5.46. The molecule has 3 rings (SSSR count). The lowest BCUT2D eigenvalue weighted by atomic mass is 9.86. The minimum absolute atomic E-state index is 0. The van der Waals surface area contributed by atoms with Crippen LogP contribution in [-0.4, -0.2) is 45.3 Å². The maximum atomic E-state index is 12.3. The topological polar surface area (TPSA) is 144 Å². The Labute approximate surface area is 148 Å². The Hall–Kier alpha value is -2.42. The number of carbonyl (C=O) groups is 3. The number of rotatable bonds is 4. The summed E-state index contributed by atoms with van der Waals surface area (Å²) < 4.78 is 0. The molecule has 8 nitrogen and oxygen atoms in total. The zero-order valence-electron chi connectivity index (χ0n) is 13.1. The van der Waals surface area contributed by atoms with Crippen molar-refractivity contribution in [1.29, 1.82) is 0 Å². The number of nitrogens with zero attached hydrogens (tertiary/aromatic N) is 1. The van der Waals surface area contributed by atoms with E-state index in [-0.39, 0.29) is 16.2 Å². The van der Waals surface area contributed by atoms with Crippen LogP contribution in [0.5, 0.6) is 0 Å². The fourth-order valence-corrected chi connectivity index (χ4v) is 3.35. The molecule has 0 saturated carbocycles. The highest BCUT2D eigenvalue weighted by Crippen LogP contribution is 2.38.